The van der Waals surface area contributed by atoms with Gasteiger partial charge in [-0.15, -0.1) is 9.28 Å². The predicted molar refractivity (Wildman–Crippen MR) is 118 cm³/mol. The molecule has 1 aliphatic heterocycles. The third kappa shape index (κ3) is 6.99. The predicted octanol–water partition coefficient (Wildman–Crippen LogP) is 0.471. The van der Waals surface area contributed by atoms with E-state index in [1.807, 2.05) is 30.6 Å². The third-order valence-electron chi connectivity index (χ3n) is 5.17. The van der Waals surface area contributed by atoms with E-state index in [2.05, 4.69) is 19.2 Å². The number of anilines is 1. The fraction of sp³-hybridized carbons (Fsp3) is 0.789. The standard InChI is InChI=1S/C19H32N6O5S/c1-13(26)19(5,23-29)15(28)11-24-6-8-25(9-7-24)16-17(22-31-21-16)30-12-14(27)10-20-18(2,3)4/h14,20,27H,6-12H2,1-5H3. The molecule has 2 atom stereocenters. The molecule has 0 spiro atoms. The van der Waals surface area contributed by atoms with Gasteiger partial charge in [0.25, 0.3) is 5.88 Å². The first kappa shape index (κ1) is 25.2. The van der Waals surface area contributed by atoms with Gasteiger partial charge in [0.2, 0.25) is 11.4 Å². The molecule has 2 rings (SSSR count). The number of rotatable bonds is 11. The van der Waals surface area contributed by atoms with E-state index in [1.165, 1.54) is 13.8 Å². The Morgan fingerprint density at radius 1 is 1.23 bits per heavy atom. The molecule has 1 aromatic rings. The fourth-order valence-electron chi connectivity index (χ4n) is 2.90. The molecular weight excluding hydrogens is 424 g/mol. The summed E-state index contributed by atoms with van der Waals surface area (Å²) in [7, 11) is 0. The van der Waals surface area contributed by atoms with Gasteiger partial charge in [-0.3, -0.25) is 14.5 Å². The molecule has 0 radical (unpaired) electrons. The summed E-state index contributed by atoms with van der Waals surface area (Å²) in [5, 5.41) is 16.1. The smallest absolute Gasteiger partial charge is 0.270 e. The van der Waals surface area contributed by atoms with Crippen molar-refractivity contribution in [3.8, 4) is 5.88 Å². The van der Waals surface area contributed by atoms with Gasteiger partial charge in [0.1, 0.15) is 12.7 Å². The fourth-order valence-corrected chi connectivity index (χ4v) is 3.42. The summed E-state index contributed by atoms with van der Waals surface area (Å²) >= 11 is 1.03. The molecule has 11 nitrogen and oxygen atoms in total. The molecule has 1 fully saturated rings. The van der Waals surface area contributed by atoms with Crippen LogP contribution in [0.1, 0.15) is 34.6 Å². The number of nitrogens with zero attached hydrogens (tertiary/aromatic N) is 5. The molecule has 0 saturated carbocycles. The zero-order chi connectivity index (χ0) is 23.2. The number of β-amino-alcohol motifs (C(OH)–C–C–N with tert-alkyl or cyclic N) is 1. The number of ketones is 2. The van der Waals surface area contributed by atoms with Crippen LogP contribution >= 0.6 is 11.7 Å². The minimum Gasteiger partial charge on any atom is -0.472 e. The zero-order valence-corrected chi connectivity index (χ0v) is 19.6. The van der Waals surface area contributed by atoms with Crippen LogP contribution in [0.3, 0.4) is 0 Å². The number of ether oxygens (including phenoxy) is 1. The van der Waals surface area contributed by atoms with Gasteiger partial charge in [0.05, 0.1) is 18.3 Å². The number of aliphatic hydroxyl groups is 1. The maximum absolute atomic E-state index is 12.4. The molecule has 0 aliphatic carbocycles. The number of carbonyl (C=O) groups is 2. The SMILES string of the molecule is CC(=O)C(C)(N=O)C(=O)CN1CCN(c2nsnc2OCC(O)CNC(C)(C)C)CC1. The van der Waals surface area contributed by atoms with Gasteiger partial charge in [0, 0.05) is 38.3 Å². The number of carbonyl (C=O) groups excluding carboxylic acids is 2. The Morgan fingerprint density at radius 3 is 2.42 bits per heavy atom. The van der Waals surface area contributed by atoms with Crippen LogP contribution in [-0.2, 0) is 9.59 Å². The molecule has 1 saturated heterocycles. The molecular formula is C19H32N6O5S. The topological polar surface area (TPSA) is 137 Å². The van der Waals surface area contributed by atoms with Gasteiger partial charge in [-0.05, 0) is 39.8 Å². The first-order chi connectivity index (χ1) is 14.5. The molecule has 1 aromatic heterocycles. The van der Waals surface area contributed by atoms with E-state index in [4.69, 9.17) is 4.74 Å². The van der Waals surface area contributed by atoms with E-state index in [-0.39, 0.29) is 18.7 Å². The van der Waals surface area contributed by atoms with Crippen LogP contribution < -0.4 is 15.0 Å². The lowest BCUT2D eigenvalue weighted by Crippen LogP contribution is -2.52. The minimum atomic E-state index is -1.83. The lowest BCUT2D eigenvalue weighted by atomic mass is 9.92. The van der Waals surface area contributed by atoms with Gasteiger partial charge in [-0.1, -0.05) is 0 Å². The van der Waals surface area contributed by atoms with Crippen molar-refractivity contribution in [2.24, 2.45) is 5.18 Å². The van der Waals surface area contributed by atoms with Crippen molar-refractivity contribution in [2.45, 2.75) is 51.8 Å². The highest BCUT2D eigenvalue weighted by molar-refractivity contribution is 6.99. The molecule has 0 aromatic carbocycles. The van der Waals surface area contributed by atoms with Crippen molar-refractivity contribution in [1.82, 2.24) is 19.0 Å². The van der Waals surface area contributed by atoms with Crippen molar-refractivity contribution in [3.63, 3.8) is 0 Å². The van der Waals surface area contributed by atoms with E-state index in [9.17, 15) is 19.6 Å². The van der Waals surface area contributed by atoms with E-state index >= 15 is 0 Å². The number of Topliss-reactive ketones (excluding diaryl/α,β-unsaturated/α-hetero) is 2. The van der Waals surface area contributed by atoms with Crippen molar-refractivity contribution >= 4 is 29.1 Å². The van der Waals surface area contributed by atoms with Crippen LogP contribution in [0, 0.1) is 4.91 Å². The van der Waals surface area contributed by atoms with Gasteiger partial charge in [-0.25, -0.2) is 0 Å². The Morgan fingerprint density at radius 2 is 1.87 bits per heavy atom. The third-order valence-corrected chi connectivity index (χ3v) is 5.67. The van der Waals surface area contributed by atoms with E-state index in [1.54, 1.807) is 0 Å². The molecule has 2 unspecified atom stereocenters. The number of piperazine rings is 1. The van der Waals surface area contributed by atoms with E-state index in [0.717, 1.165) is 11.7 Å². The molecule has 0 amide bonds. The Hall–Kier alpha value is -2.02. The number of aromatic nitrogens is 2. The molecule has 12 heteroatoms. The van der Waals surface area contributed by atoms with Crippen LogP contribution in [0.15, 0.2) is 5.18 Å². The summed E-state index contributed by atoms with van der Waals surface area (Å²) in [6.07, 6.45) is -0.682. The van der Waals surface area contributed by atoms with Gasteiger partial charge in [0.15, 0.2) is 11.6 Å². The molecule has 31 heavy (non-hydrogen) atoms. The second kappa shape index (κ2) is 10.5. The van der Waals surface area contributed by atoms with Crippen LogP contribution in [0.4, 0.5) is 5.82 Å². The normalized spacial score (nSPS) is 18.3. The van der Waals surface area contributed by atoms with E-state index < -0.39 is 23.2 Å². The van der Waals surface area contributed by atoms with Crippen molar-refractivity contribution in [3.05, 3.63) is 4.91 Å². The maximum atomic E-state index is 12.4. The second-order valence-corrected chi connectivity index (χ2v) is 9.42. The van der Waals surface area contributed by atoms with Crippen molar-refractivity contribution in [1.29, 1.82) is 0 Å². The summed E-state index contributed by atoms with van der Waals surface area (Å²) in [6.45, 7) is 11.3. The lowest BCUT2D eigenvalue weighted by Gasteiger charge is -2.35. The van der Waals surface area contributed by atoms with E-state index in [0.29, 0.717) is 44.4 Å². The molecule has 2 heterocycles. The number of nitrogens with one attached hydrogen (secondary N) is 1. The lowest BCUT2D eigenvalue weighted by molar-refractivity contribution is -0.133. The summed E-state index contributed by atoms with van der Waals surface area (Å²) in [6, 6.07) is 0. The van der Waals surface area contributed by atoms with Gasteiger partial charge < -0.3 is 20.1 Å². The zero-order valence-electron chi connectivity index (χ0n) is 18.8. The Balaban J connectivity index is 1.86. The molecule has 2 N–H and O–H groups in total. The van der Waals surface area contributed by atoms with Crippen molar-refractivity contribution in [2.75, 3.05) is 50.8 Å². The highest BCUT2D eigenvalue weighted by Gasteiger charge is 2.40. The highest BCUT2D eigenvalue weighted by atomic mass is 32.1. The first-order valence-electron chi connectivity index (χ1n) is 10.2. The monoisotopic (exact) mass is 456 g/mol. The molecule has 0 bridgehead atoms. The van der Waals surface area contributed by atoms with Crippen LogP contribution in [0.5, 0.6) is 5.88 Å². The Labute approximate surface area is 186 Å². The number of nitroso groups, excluding NO2 is 1. The average molecular weight is 457 g/mol. The van der Waals surface area contributed by atoms with Crippen LogP contribution in [0.2, 0.25) is 0 Å². The largest absolute Gasteiger partial charge is 0.472 e. The average Bonchev–Trinajstić information content (AvgIpc) is 3.18. The summed E-state index contributed by atoms with van der Waals surface area (Å²) in [5.41, 5.74) is -1.93. The first-order valence-corrected chi connectivity index (χ1v) is 10.9. The number of aliphatic hydroxyl groups excluding tert-OH is 1. The van der Waals surface area contributed by atoms with Gasteiger partial charge >= 0.3 is 0 Å². The van der Waals surface area contributed by atoms with Gasteiger partial charge in [-0.2, -0.15) is 4.37 Å². The maximum Gasteiger partial charge on any atom is 0.270 e. The summed E-state index contributed by atoms with van der Waals surface area (Å²) in [5.74, 6) is -0.0734. The molecule has 1 aliphatic rings. The van der Waals surface area contributed by atoms with Crippen LogP contribution in [0.25, 0.3) is 0 Å². The quantitative estimate of drug-likeness (QED) is 0.357. The Kier molecular flexibility index (Phi) is 8.57. The number of hydrogen-bond donors (Lipinski definition) is 2. The van der Waals surface area contributed by atoms with Crippen molar-refractivity contribution < 1.29 is 19.4 Å². The summed E-state index contributed by atoms with van der Waals surface area (Å²) < 4.78 is 14.2. The Bertz CT molecular complexity index is 774. The highest BCUT2D eigenvalue weighted by Crippen LogP contribution is 2.27. The second-order valence-electron chi connectivity index (χ2n) is 8.89. The van der Waals surface area contributed by atoms with Crippen LogP contribution in [-0.4, -0.2) is 93.4 Å². The molecule has 174 valence electrons. The minimum absolute atomic E-state index is 0.0126. The summed E-state index contributed by atoms with van der Waals surface area (Å²) in [4.78, 5) is 38.9. The number of hydrogen-bond acceptors (Lipinski definition) is 12.